The molecule has 126 valence electrons. The van der Waals surface area contributed by atoms with Gasteiger partial charge in [-0.25, -0.2) is 18.1 Å². The molecule has 0 saturated carbocycles. The number of nitrogens with one attached hydrogen (secondary N) is 3. The van der Waals surface area contributed by atoms with Crippen molar-refractivity contribution in [2.45, 2.75) is 23.3 Å². The van der Waals surface area contributed by atoms with Crippen LogP contribution >= 0.6 is 11.6 Å². The van der Waals surface area contributed by atoms with E-state index in [9.17, 15) is 8.42 Å². The molecule has 3 rings (SSSR count). The minimum Gasteiger partial charge on any atom is -0.383 e. The minimum atomic E-state index is -3.71. The van der Waals surface area contributed by atoms with Crippen molar-refractivity contribution < 1.29 is 13.2 Å². The molecule has 1 aliphatic rings. The Hall–Kier alpha value is -1.19. The van der Waals surface area contributed by atoms with Crippen LogP contribution in [0.2, 0.25) is 5.02 Å². The average Bonchev–Trinajstić information content (AvgIpc) is 3.14. The number of nitrogens with zero attached hydrogens (tertiary/aromatic N) is 1. The molecule has 1 aliphatic heterocycles. The molecule has 3 N–H and O–H groups in total. The Morgan fingerprint density at radius 1 is 1.52 bits per heavy atom. The topological polar surface area (TPSA) is 96.1 Å². The molecule has 0 amide bonds. The van der Waals surface area contributed by atoms with Crippen molar-refractivity contribution in [3.05, 3.63) is 23.5 Å². The zero-order valence-electron chi connectivity index (χ0n) is 12.7. The van der Waals surface area contributed by atoms with E-state index in [1.54, 1.807) is 13.2 Å². The number of H-pyrrole nitrogens is 1. The van der Waals surface area contributed by atoms with E-state index in [1.807, 2.05) is 0 Å². The molecule has 0 bridgehead atoms. The fraction of sp³-hybridized carbons (Fsp3) is 0.500. The maximum absolute atomic E-state index is 12.7. The van der Waals surface area contributed by atoms with E-state index in [-0.39, 0.29) is 17.0 Å². The van der Waals surface area contributed by atoms with Crippen LogP contribution in [0, 0.1) is 0 Å². The number of aromatic nitrogens is 2. The Morgan fingerprint density at radius 3 is 3.04 bits per heavy atom. The molecule has 0 spiro atoms. The van der Waals surface area contributed by atoms with Gasteiger partial charge in [0.05, 0.1) is 22.6 Å². The highest BCUT2D eigenvalue weighted by Crippen LogP contribution is 2.28. The summed E-state index contributed by atoms with van der Waals surface area (Å²) in [5.74, 6) is 0. The second-order valence-electron chi connectivity index (χ2n) is 5.74. The SMILES string of the molecule is COCC1(CNS(=O)(=O)c2c[nH]c3nccc(Cl)c23)CCCN1. The maximum atomic E-state index is 12.7. The van der Waals surface area contributed by atoms with Gasteiger partial charge in [0, 0.05) is 26.0 Å². The van der Waals surface area contributed by atoms with Crippen molar-refractivity contribution in [3.63, 3.8) is 0 Å². The van der Waals surface area contributed by atoms with Gasteiger partial charge in [0.25, 0.3) is 0 Å². The van der Waals surface area contributed by atoms with Crippen molar-refractivity contribution in [1.82, 2.24) is 20.0 Å². The summed E-state index contributed by atoms with van der Waals surface area (Å²) < 4.78 is 33.3. The monoisotopic (exact) mass is 358 g/mol. The van der Waals surface area contributed by atoms with E-state index < -0.39 is 10.0 Å². The van der Waals surface area contributed by atoms with Gasteiger partial charge >= 0.3 is 0 Å². The molecule has 0 aromatic carbocycles. The zero-order chi connectivity index (χ0) is 16.5. The van der Waals surface area contributed by atoms with E-state index in [2.05, 4.69) is 20.0 Å². The van der Waals surface area contributed by atoms with Crippen LogP contribution in [0.3, 0.4) is 0 Å². The van der Waals surface area contributed by atoms with Crippen LogP contribution in [-0.4, -0.2) is 50.7 Å². The number of aromatic amines is 1. The van der Waals surface area contributed by atoms with Crippen LogP contribution in [-0.2, 0) is 14.8 Å². The van der Waals surface area contributed by atoms with Gasteiger partial charge in [0.2, 0.25) is 10.0 Å². The molecule has 2 aromatic rings. The van der Waals surface area contributed by atoms with E-state index in [0.717, 1.165) is 19.4 Å². The van der Waals surface area contributed by atoms with Gasteiger partial charge in [-0.15, -0.1) is 0 Å². The van der Waals surface area contributed by atoms with Gasteiger partial charge in [-0.3, -0.25) is 0 Å². The molecule has 0 aliphatic carbocycles. The van der Waals surface area contributed by atoms with E-state index in [4.69, 9.17) is 16.3 Å². The van der Waals surface area contributed by atoms with E-state index >= 15 is 0 Å². The lowest BCUT2D eigenvalue weighted by atomic mass is 9.99. The second kappa shape index (κ2) is 6.37. The lowest BCUT2D eigenvalue weighted by Gasteiger charge is -2.28. The number of hydrogen-bond donors (Lipinski definition) is 3. The van der Waals surface area contributed by atoms with Crippen LogP contribution in [0.25, 0.3) is 11.0 Å². The first-order valence-corrected chi connectivity index (χ1v) is 9.19. The standard InChI is InChI=1S/C14H19ClN4O3S/c1-22-9-14(4-2-5-18-14)8-19-23(20,21)11-7-17-13-12(11)10(15)3-6-16-13/h3,6-7,18-19H,2,4-5,8-9H2,1H3,(H,16,17). The Balaban J connectivity index is 1.86. The highest BCUT2D eigenvalue weighted by Gasteiger charge is 2.35. The predicted molar refractivity (Wildman–Crippen MR) is 88.1 cm³/mol. The van der Waals surface area contributed by atoms with Crippen LogP contribution in [0.5, 0.6) is 0 Å². The molecule has 1 atom stereocenters. The zero-order valence-corrected chi connectivity index (χ0v) is 14.3. The molecular formula is C14H19ClN4O3S. The van der Waals surface area contributed by atoms with Crippen LogP contribution < -0.4 is 10.0 Å². The van der Waals surface area contributed by atoms with E-state index in [1.165, 1.54) is 12.4 Å². The van der Waals surface area contributed by atoms with E-state index in [0.29, 0.717) is 22.7 Å². The normalized spacial score (nSPS) is 22.0. The predicted octanol–water partition coefficient (Wildman–Crippen LogP) is 1.26. The second-order valence-corrected chi connectivity index (χ2v) is 7.88. The van der Waals surface area contributed by atoms with Crippen molar-refractivity contribution in [2.24, 2.45) is 0 Å². The highest BCUT2D eigenvalue weighted by atomic mass is 35.5. The first kappa shape index (κ1) is 16.7. The van der Waals surface area contributed by atoms with Crippen molar-refractivity contribution in [2.75, 3.05) is 26.8 Å². The fourth-order valence-corrected chi connectivity index (χ4v) is 4.60. The molecule has 9 heteroatoms. The number of halogens is 1. The number of hydrogen-bond acceptors (Lipinski definition) is 5. The van der Waals surface area contributed by atoms with Gasteiger partial charge in [-0.2, -0.15) is 0 Å². The number of pyridine rings is 1. The first-order valence-electron chi connectivity index (χ1n) is 7.33. The minimum absolute atomic E-state index is 0.108. The number of fused-ring (bicyclic) bond motifs is 1. The third-order valence-electron chi connectivity index (χ3n) is 4.13. The molecule has 0 radical (unpaired) electrons. The summed E-state index contributed by atoms with van der Waals surface area (Å²) in [7, 11) is -2.10. The molecule has 1 unspecified atom stereocenters. The summed E-state index contributed by atoms with van der Waals surface area (Å²) in [5.41, 5.74) is 0.0826. The van der Waals surface area contributed by atoms with Gasteiger partial charge in [0.1, 0.15) is 10.5 Å². The van der Waals surface area contributed by atoms with Gasteiger partial charge < -0.3 is 15.0 Å². The molecule has 7 nitrogen and oxygen atoms in total. The number of methoxy groups -OCH3 is 1. The smallest absolute Gasteiger partial charge is 0.242 e. The molecule has 23 heavy (non-hydrogen) atoms. The average molecular weight is 359 g/mol. The number of ether oxygens (including phenoxy) is 1. The fourth-order valence-electron chi connectivity index (χ4n) is 2.98. The Labute approximate surface area is 139 Å². The highest BCUT2D eigenvalue weighted by molar-refractivity contribution is 7.89. The summed E-state index contributed by atoms with van der Waals surface area (Å²) in [6.07, 6.45) is 4.80. The largest absolute Gasteiger partial charge is 0.383 e. The first-order chi connectivity index (χ1) is 11.0. The summed E-state index contributed by atoms with van der Waals surface area (Å²) >= 11 is 6.13. The van der Waals surface area contributed by atoms with Crippen molar-refractivity contribution >= 4 is 32.7 Å². The molecule has 1 saturated heterocycles. The van der Waals surface area contributed by atoms with Crippen molar-refractivity contribution in [3.8, 4) is 0 Å². The Morgan fingerprint density at radius 2 is 2.35 bits per heavy atom. The quantitative estimate of drug-likeness (QED) is 0.722. The molecule has 3 heterocycles. The Bertz CT molecular complexity index is 799. The molecular weight excluding hydrogens is 340 g/mol. The summed E-state index contributed by atoms with van der Waals surface area (Å²) in [5, 5.41) is 4.09. The summed E-state index contributed by atoms with van der Waals surface area (Å²) in [4.78, 5) is 7.04. The van der Waals surface area contributed by atoms with Crippen LogP contribution in [0.15, 0.2) is 23.4 Å². The van der Waals surface area contributed by atoms with Gasteiger partial charge in [-0.1, -0.05) is 11.6 Å². The maximum Gasteiger partial charge on any atom is 0.242 e. The third kappa shape index (κ3) is 3.22. The lowest BCUT2D eigenvalue weighted by Crippen LogP contribution is -2.52. The van der Waals surface area contributed by atoms with Gasteiger partial charge in [-0.05, 0) is 25.5 Å². The lowest BCUT2D eigenvalue weighted by molar-refractivity contribution is 0.122. The number of sulfonamides is 1. The third-order valence-corrected chi connectivity index (χ3v) is 5.87. The summed E-state index contributed by atoms with van der Waals surface area (Å²) in [6.45, 7) is 1.56. The van der Waals surface area contributed by atoms with Gasteiger partial charge in [0.15, 0.2) is 0 Å². The molecule has 1 fully saturated rings. The Kier molecular flexibility index (Phi) is 4.61. The number of rotatable bonds is 6. The van der Waals surface area contributed by atoms with Crippen LogP contribution in [0.1, 0.15) is 12.8 Å². The molecule has 2 aromatic heterocycles. The van der Waals surface area contributed by atoms with Crippen molar-refractivity contribution in [1.29, 1.82) is 0 Å². The summed E-state index contributed by atoms with van der Waals surface area (Å²) in [6, 6.07) is 1.57. The van der Waals surface area contributed by atoms with Crippen LogP contribution in [0.4, 0.5) is 0 Å².